The molecule has 0 saturated heterocycles. The van der Waals surface area contributed by atoms with Crippen molar-refractivity contribution < 1.29 is 19.4 Å². The fourth-order valence-corrected chi connectivity index (χ4v) is 3.99. The van der Waals surface area contributed by atoms with E-state index in [-0.39, 0.29) is 17.6 Å². The standard InChI is InChI=1S/C24H25N3O4/c1-15-25-21(22(28)24(30)26-15)23(29)27-19-11-10-18(12-19)17-8-5-9-20(13-17)31-14-16-6-3-2-4-7-16/h2-9,13,18-19,25,28H,1,10-12,14H2,(H,26,30)(H,27,29). The molecule has 2 aliphatic rings. The van der Waals surface area contributed by atoms with Crippen LogP contribution in [0.25, 0.3) is 0 Å². The first-order chi connectivity index (χ1) is 15.0. The highest BCUT2D eigenvalue weighted by atomic mass is 16.5. The first-order valence-electron chi connectivity index (χ1n) is 10.3. The number of ether oxygens (including phenoxy) is 1. The Morgan fingerprint density at radius 2 is 1.94 bits per heavy atom. The lowest BCUT2D eigenvalue weighted by molar-refractivity contribution is -0.123. The first kappa shape index (κ1) is 20.5. The molecule has 0 radical (unpaired) electrons. The zero-order valence-corrected chi connectivity index (χ0v) is 17.1. The van der Waals surface area contributed by atoms with Crippen LogP contribution in [0.4, 0.5) is 0 Å². The molecule has 2 aromatic carbocycles. The number of hydrogen-bond acceptors (Lipinski definition) is 5. The molecule has 2 unspecified atom stereocenters. The summed E-state index contributed by atoms with van der Waals surface area (Å²) in [5, 5.41) is 17.7. The number of carbonyl (C=O) groups excluding carboxylic acids is 2. The number of rotatable bonds is 6. The third-order valence-corrected chi connectivity index (χ3v) is 5.56. The number of amides is 2. The van der Waals surface area contributed by atoms with Gasteiger partial charge in [0, 0.05) is 6.04 Å². The molecule has 2 atom stereocenters. The van der Waals surface area contributed by atoms with Gasteiger partial charge in [-0.1, -0.05) is 49.0 Å². The first-order valence-corrected chi connectivity index (χ1v) is 10.3. The summed E-state index contributed by atoms with van der Waals surface area (Å²) in [6.45, 7) is 4.09. The molecule has 31 heavy (non-hydrogen) atoms. The molecule has 2 aromatic rings. The number of benzene rings is 2. The largest absolute Gasteiger partial charge is 0.501 e. The van der Waals surface area contributed by atoms with Gasteiger partial charge in [0.15, 0.2) is 5.70 Å². The second kappa shape index (κ2) is 8.95. The molecule has 1 heterocycles. The molecule has 0 aromatic heterocycles. The van der Waals surface area contributed by atoms with E-state index in [1.54, 1.807) is 0 Å². The molecule has 7 nitrogen and oxygen atoms in total. The van der Waals surface area contributed by atoms with Crippen LogP contribution >= 0.6 is 0 Å². The summed E-state index contributed by atoms with van der Waals surface area (Å²) in [5.41, 5.74) is 2.11. The van der Waals surface area contributed by atoms with Gasteiger partial charge < -0.3 is 25.8 Å². The lowest BCUT2D eigenvalue weighted by Crippen LogP contribution is -2.45. The highest BCUT2D eigenvalue weighted by Crippen LogP contribution is 2.36. The Bertz CT molecular complexity index is 1030. The fraction of sp³-hybridized carbons (Fsp3) is 0.250. The van der Waals surface area contributed by atoms with E-state index in [0.717, 1.165) is 30.6 Å². The summed E-state index contributed by atoms with van der Waals surface area (Å²) in [6.07, 6.45) is 2.51. The van der Waals surface area contributed by atoms with Crippen LogP contribution in [0.3, 0.4) is 0 Å². The smallest absolute Gasteiger partial charge is 0.294 e. The monoisotopic (exact) mass is 419 g/mol. The third kappa shape index (κ3) is 4.88. The van der Waals surface area contributed by atoms with Crippen molar-refractivity contribution in [3.8, 4) is 5.75 Å². The Hall–Kier alpha value is -3.74. The Labute approximate surface area is 180 Å². The number of aliphatic hydroxyl groups is 1. The molecule has 1 fully saturated rings. The van der Waals surface area contributed by atoms with Gasteiger partial charge in [-0.15, -0.1) is 0 Å². The van der Waals surface area contributed by atoms with Gasteiger partial charge in [0.25, 0.3) is 11.8 Å². The highest BCUT2D eigenvalue weighted by Gasteiger charge is 2.31. The fourth-order valence-electron chi connectivity index (χ4n) is 3.99. The molecule has 4 rings (SSSR count). The Morgan fingerprint density at radius 1 is 1.13 bits per heavy atom. The van der Waals surface area contributed by atoms with Gasteiger partial charge in [0.05, 0.1) is 0 Å². The van der Waals surface area contributed by atoms with Crippen LogP contribution in [0.15, 0.2) is 78.5 Å². The zero-order valence-electron chi connectivity index (χ0n) is 17.1. The van der Waals surface area contributed by atoms with Gasteiger partial charge >= 0.3 is 0 Å². The second-order valence-corrected chi connectivity index (χ2v) is 7.81. The number of carbonyl (C=O) groups is 2. The van der Waals surface area contributed by atoms with E-state index in [9.17, 15) is 14.7 Å². The molecule has 1 aliphatic carbocycles. The average molecular weight is 419 g/mol. The van der Waals surface area contributed by atoms with E-state index in [0.29, 0.717) is 12.5 Å². The van der Waals surface area contributed by atoms with Crippen molar-refractivity contribution in [2.24, 2.45) is 0 Å². The minimum Gasteiger partial charge on any atom is -0.501 e. The van der Waals surface area contributed by atoms with Gasteiger partial charge in [-0.25, -0.2) is 0 Å². The van der Waals surface area contributed by atoms with E-state index in [2.05, 4.69) is 34.7 Å². The number of hydrogen-bond donors (Lipinski definition) is 4. The average Bonchev–Trinajstić information content (AvgIpc) is 3.24. The van der Waals surface area contributed by atoms with E-state index in [4.69, 9.17) is 4.74 Å². The molecular weight excluding hydrogens is 394 g/mol. The van der Waals surface area contributed by atoms with Crippen molar-refractivity contribution in [1.29, 1.82) is 0 Å². The van der Waals surface area contributed by atoms with E-state index in [1.807, 2.05) is 42.5 Å². The quantitative estimate of drug-likeness (QED) is 0.577. The Kier molecular flexibility index (Phi) is 5.93. The lowest BCUT2D eigenvalue weighted by Gasteiger charge is -2.21. The van der Waals surface area contributed by atoms with Gasteiger partial charge in [0.1, 0.15) is 18.2 Å². The summed E-state index contributed by atoms with van der Waals surface area (Å²) >= 11 is 0. The number of aliphatic hydroxyl groups excluding tert-OH is 1. The van der Waals surface area contributed by atoms with Crippen molar-refractivity contribution in [3.63, 3.8) is 0 Å². The summed E-state index contributed by atoms with van der Waals surface area (Å²) in [7, 11) is 0. The van der Waals surface area contributed by atoms with Crippen molar-refractivity contribution in [2.75, 3.05) is 0 Å². The van der Waals surface area contributed by atoms with Gasteiger partial charge in [-0.3, -0.25) is 9.59 Å². The number of nitrogens with one attached hydrogen (secondary N) is 3. The van der Waals surface area contributed by atoms with Gasteiger partial charge in [-0.2, -0.15) is 0 Å². The summed E-state index contributed by atoms with van der Waals surface area (Å²) in [6, 6.07) is 18.0. The van der Waals surface area contributed by atoms with Crippen LogP contribution in [0.1, 0.15) is 36.3 Å². The molecular formula is C24H25N3O4. The van der Waals surface area contributed by atoms with E-state index in [1.165, 1.54) is 5.56 Å². The van der Waals surface area contributed by atoms with Crippen LogP contribution in [0.2, 0.25) is 0 Å². The molecule has 1 saturated carbocycles. The molecule has 160 valence electrons. The minimum atomic E-state index is -0.745. The van der Waals surface area contributed by atoms with Crippen LogP contribution in [-0.2, 0) is 16.2 Å². The maximum absolute atomic E-state index is 12.5. The maximum Gasteiger partial charge on any atom is 0.294 e. The highest BCUT2D eigenvalue weighted by molar-refractivity contribution is 6.05. The summed E-state index contributed by atoms with van der Waals surface area (Å²) in [5.74, 6) is -0.623. The van der Waals surface area contributed by atoms with Crippen molar-refractivity contribution in [2.45, 2.75) is 37.8 Å². The SMILES string of the molecule is C=C1NC(=O)C(O)=C(C(=O)NC2CCC(c3cccc(OCc4ccccc4)c3)C2)N1. The maximum atomic E-state index is 12.5. The molecule has 0 bridgehead atoms. The van der Waals surface area contributed by atoms with Crippen molar-refractivity contribution in [1.82, 2.24) is 16.0 Å². The van der Waals surface area contributed by atoms with E-state index < -0.39 is 17.6 Å². The van der Waals surface area contributed by atoms with Crippen LogP contribution in [-0.4, -0.2) is 23.0 Å². The molecule has 4 N–H and O–H groups in total. The summed E-state index contributed by atoms with van der Waals surface area (Å²) < 4.78 is 5.94. The predicted octanol–water partition coefficient (Wildman–Crippen LogP) is 2.98. The summed E-state index contributed by atoms with van der Waals surface area (Å²) in [4.78, 5) is 24.2. The molecule has 2 amide bonds. The normalized spacial score (nSPS) is 20.8. The molecule has 0 spiro atoms. The van der Waals surface area contributed by atoms with E-state index >= 15 is 0 Å². The van der Waals surface area contributed by atoms with Gasteiger partial charge in [-0.05, 0) is 48.4 Å². The molecule has 7 heteroatoms. The zero-order chi connectivity index (χ0) is 21.8. The van der Waals surface area contributed by atoms with Crippen LogP contribution in [0.5, 0.6) is 5.75 Å². The molecule has 1 aliphatic heterocycles. The lowest BCUT2D eigenvalue weighted by atomic mass is 9.97. The van der Waals surface area contributed by atoms with Crippen molar-refractivity contribution >= 4 is 11.8 Å². The Morgan fingerprint density at radius 3 is 2.74 bits per heavy atom. The van der Waals surface area contributed by atoms with Gasteiger partial charge in [0.2, 0.25) is 5.76 Å². The second-order valence-electron chi connectivity index (χ2n) is 7.81. The minimum absolute atomic E-state index is 0.0493. The topological polar surface area (TPSA) is 99.7 Å². The third-order valence-electron chi connectivity index (χ3n) is 5.56. The van der Waals surface area contributed by atoms with Crippen molar-refractivity contribution in [3.05, 3.63) is 89.6 Å². The Balaban J connectivity index is 1.35. The van der Waals surface area contributed by atoms with Crippen LogP contribution in [0, 0.1) is 0 Å². The predicted molar refractivity (Wildman–Crippen MR) is 116 cm³/mol. The van der Waals surface area contributed by atoms with Crippen LogP contribution < -0.4 is 20.7 Å².